The van der Waals surface area contributed by atoms with E-state index in [4.69, 9.17) is 18.9 Å². The fourth-order valence-corrected chi connectivity index (χ4v) is 2.99. The monoisotopic (exact) mass is 464 g/mol. The van der Waals surface area contributed by atoms with Gasteiger partial charge in [0.1, 0.15) is 5.75 Å². The molecule has 3 rings (SSSR count). The zero-order valence-corrected chi connectivity index (χ0v) is 18.9. The average Bonchev–Trinajstić information content (AvgIpc) is 2.85. The highest BCUT2D eigenvalue weighted by Gasteiger charge is 2.15. The van der Waals surface area contributed by atoms with Gasteiger partial charge in [0.05, 0.1) is 32.2 Å². The number of carbonyl (C=O) groups excluding carboxylic acids is 3. The molecule has 2 amide bonds. The molecule has 176 valence electrons. The Kier molecular flexibility index (Phi) is 8.07. The van der Waals surface area contributed by atoms with Gasteiger partial charge in [-0.25, -0.2) is 4.79 Å². The summed E-state index contributed by atoms with van der Waals surface area (Å²) in [6.07, 6.45) is -0.821. The number of amides is 2. The van der Waals surface area contributed by atoms with Crippen molar-refractivity contribution in [1.29, 1.82) is 0 Å². The molecule has 0 atom stereocenters. The third-order valence-electron chi connectivity index (χ3n) is 4.65. The van der Waals surface area contributed by atoms with Crippen molar-refractivity contribution < 1.29 is 33.3 Å². The van der Waals surface area contributed by atoms with Crippen LogP contribution in [0, 0.1) is 0 Å². The molecule has 0 saturated carbocycles. The largest absolute Gasteiger partial charge is 0.513 e. The van der Waals surface area contributed by atoms with E-state index < -0.39 is 12.1 Å². The van der Waals surface area contributed by atoms with Crippen molar-refractivity contribution >= 4 is 29.3 Å². The van der Waals surface area contributed by atoms with Gasteiger partial charge in [-0.15, -0.1) is 0 Å². The van der Waals surface area contributed by atoms with Crippen LogP contribution in [-0.2, 0) is 4.74 Å². The van der Waals surface area contributed by atoms with Gasteiger partial charge in [0, 0.05) is 11.1 Å². The van der Waals surface area contributed by atoms with Gasteiger partial charge in [0.2, 0.25) is 0 Å². The number of para-hydroxylation sites is 2. The number of hydrogen-bond donors (Lipinski definition) is 2. The van der Waals surface area contributed by atoms with E-state index in [-0.39, 0.29) is 18.3 Å². The Morgan fingerprint density at radius 2 is 1.29 bits per heavy atom. The summed E-state index contributed by atoms with van der Waals surface area (Å²) in [5.74, 6) is 0.383. The van der Waals surface area contributed by atoms with Crippen molar-refractivity contribution in [3.8, 4) is 17.2 Å². The molecule has 0 fully saturated rings. The fourth-order valence-electron chi connectivity index (χ4n) is 2.99. The molecule has 9 heteroatoms. The molecule has 0 heterocycles. The van der Waals surface area contributed by atoms with Crippen LogP contribution in [0.3, 0.4) is 0 Å². The number of methoxy groups -OCH3 is 2. The molecule has 0 radical (unpaired) electrons. The molecule has 0 aromatic heterocycles. The molecule has 0 bridgehead atoms. The van der Waals surface area contributed by atoms with Gasteiger partial charge >= 0.3 is 6.16 Å². The smallest absolute Gasteiger partial charge is 0.493 e. The van der Waals surface area contributed by atoms with Crippen LogP contribution in [0.1, 0.15) is 27.6 Å². The molecule has 0 unspecified atom stereocenters. The number of rotatable bonds is 8. The molecule has 3 aromatic carbocycles. The fraction of sp³-hybridized carbons (Fsp3) is 0.160. The predicted octanol–water partition coefficient (Wildman–Crippen LogP) is 4.74. The Morgan fingerprint density at radius 3 is 1.85 bits per heavy atom. The highest BCUT2D eigenvalue weighted by molar-refractivity contribution is 6.10. The number of nitrogens with one attached hydrogen (secondary N) is 2. The van der Waals surface area contributed by atoms with Gasteiger partial charge < -0.3 is 29.6 Å². The molecule has 0 spiro atoms. The molecule has 2 N–H and O–H groups in total. The lowest BCUT2D eigenvalue weighted by atomic mass is 10.1. The van der Waals surface area contributed by atoms with Crippen LogP contribution in [0.15, 0.2) is 66.7 Å². The summed E-state index contributed by atoms with van der Waals surface area (Å²) in [6.45, 7) is 1.87. The first-order valence-corrected chi connectivity index (χ1v) is 10.3. The Balaban J connectivity index is 1.71. The van der Waals surface area contributed by atoms with E-state index in [0.717, 1.165) is 0 Å². The van der Waals surface area contributed by atoms with E-state index in [1.165, 1.54) is 38.5 Å². The molecule has 0 aliphatic rings. The second kappa shape index (κ2) is 11.4. The van der Waals surface area contributed by atoms with Crippen LogP contribution in [0.4, 0.5) is 16.2 Å². The molecule has 3 aromatic rings. The average molecular weight is 464 g/mol. The minimum Gasteiger partial charge on any atom is -0.493 e. The maximum absolute atomic E-state index is 12.8. The summed E-state index contributed by atoms with van der Waals surface area (Å²) < 4.78 is 20.1. The van der Waals surface area contributed by atoms with Gasteiger partial charge in [-0.1, -0.05) is 12.1 Å². The zero-order chi connectivity index (χ0) is 24.5. The summed E-state index contributed by atoms with van der Waals surface area (Å²) in [5, 5.41) is 5.57. The van der Waals surface area contributed by atoms with E-state index in [1.807, 2.05) is 0 Å². The Hall–Kier alpha value is -4.53. The van der Waals surface area contributed by atoms with Crippen LogP contribution >= 0.6 is 0 Å². The topological polar surface area (TPSA) is 112 Å². The third-order valence-corrected chi connectivity index (χ3v) is 4.65. The predicted molar refractivity (Wildman–Crippen MR) is 126 cm³/mol. The van der Waals surface area contributed by atoms with Crippen LogP contribution in [0.5, 0.6) is 17.2 Å². The van der Waals surface area contributed by atoms with E-state index in [2.05, 4.69) is 10.6 Å². The van der Waals surface area contributed by atoms with Gasteiger partial charge in [-0.2, -0.15) is 0 Å². The number of anilines is 2. The van der Waals surface area contributed by atoms with Crippen LogP contribution < -0.4 is 24.8 Å². The minimum absolute atomic E-state index is 0.196. The summed E-state index contributed by atoms with van der Waals surface area (Å²) in [7, 11) is 3.00. The van der Waals surface area contributed by atoms with Crippen molar-refractivity contribution in [3.05, 3.63) is 77.9 Å². The number of ether oxygens (including phenoxy) is 4. The van der Waals surface area contributed by atoms with E-state index in [9.17, 15) is 14.4 Å². The summed E-state index contributed by atoms with van der Waals surface area (Å²) in [4.78, 5) is 36.9. The maximum Gasteiger partial charge on any atom is 0.513 e. The Bertz CT molecular complexity index is 1180. The van der Waals surface area contributed by atoms with E-state index >= 15 is 0 Å². The van der Waals surface area contributed by atoms with Crippen molar-refractivity contribution in [3.63, 3.8) is 0 Å². The molecule has 0 aliphatic carbocycles. The molecule has 9 nitrogen and oxygen atoms in total. The first-order chi connectivity index (χ1) is 16.4. The third kappa shape index (κ3) is 6.04. The maximum atomic E-state index is 12.8. The summed E-state index contributed by atoms with van der Waals surface area (Å²) >= 11 is 0. The number of benzene rings is 3. The van der Waals surface area contributed by atoms with Gasteiger partial charge in [0.15, 0.2) is 11.5 Å². The highest BCUT2D eigenvalue weighted by atomic mass is 16.7. The molecular formula is C25H24N2O7. The lowest BCUT2D eigenvalue weighted by molar-refractivity contribution is 0.101. The second-order valence-electron chi connectivity index (χ2n) is 6.83. The highest BCUT2D eigenvalue weighted by Crippen LogP contribution is 2.29. The number of carbonyl (C=O) groups is 3. The van der Waals surface area contributed by atoms with Gasteiger partial charge in [0.25, 0.3) is 11.8 Å². The molecule has 0 aliphatic heterocycles. The van der Waals surface area contributed by atoms with Gasteiger partial charge in [-0.05, 0) is 61.5 Å². The summed E-state index contributed by atoms with van der Waals surface area (Å²) in [6, 6.07) is 17.6. The first-order valence-electron chi connectivity index (χ1n) is 10.3. The SMILES string of the molecule is CCOC(=O)Oc1ccc(C(=O)Nc2ccccc2NC(=O)c2ccc(OC)c(OC)c2)cc1. The normalized spacial score (nSPS) is 10.1. The van der Waals surface area contributed by atoms with Crippen molar-refractivity contribution in [1.82, 2.24) is 0 Å². The van der Waals surface area contributed by atoms with Crippen molar-refractivity contribution in [2.75, 3.05) is 31.5 Å². The molecule has 34 heavy (non-hydrogen) atoms. The van der Waals surface area contributed by atoms with Crippen molar-refractivity contribution in [2.24, 2.45) is 0 Å². The number of hydrogen-bond acceptors (Lipinski definition) is 7. The lowest BCUT2D eigenvalue weighted by Crippen LogP contribution is -2.17. The summed E-state index contributed by atoms with van der Waals surface area (Å²) in [5.41, 5.74) is 1.51. The second-order valence-corrected chi connectivity index (χ2v) is 6.83. The van der Waals surface area contributed by atoms with Crippen LogP contribution in [-0.4, -0.2) is 38.8 Å². The standard InChI is InChI=1S/C25H24N2O7/c1-4-33-25(30)34-18-12-9-16(10-13-18)23(28)26-19-7-5-6-8-20(19)27-24(29)17-11-14-21(31-2)22(15-17)32-3/h5-15H,4H2,1-3H3,(H,26,28)(H,27,29). The van der Waals surface area contributed by atoms with E-state index in [0.29, 0.717) is 34.0 Å². The lowest BCUT2D eigenvalue weighted by Gasteiger charge is -2.13. The Morgan fingerprint density at radius 1 is 0.735 bits per heavy atom. The van der Waals surface area contributed by atoms with E-state index in [1.54, 1.807) is 49.4 Å². The molecule has 0 saturated heterocycles. The molecular weight excluding hydrogens is 440 g/mol. The van der Waals surface area contributed by atoms with Crippen LogP contribution in [0.2, 0.25) is 0 Å². The van der Waals surface area contributed by atoms with Crippen molar-refractivity contribution in [2.45, 2.75) is 6.92 Å². The van der Waals surface area contributed by atoms with Gasteiger partial charge in [-0.3, -0.25) is 9.59 Å². The first kappa shape index (κ1) is 24.1. The zero-order valence-electron chi connectivity index (χ0n) is 18.9. The minimum atomic E-state index is -0.821. The Labute approximate surface area is 196 Å². The quantitative estimate of drug-likeness (QED) is 0.366. The van der Waals surface area contributed by atoms with Crippen LogP contribution in [0.25, 0.3) is 0 Å².